The highest BCUT2D eigenvalue weighted by Crippen LogP contribution is 2.17. The Bertz CT molecular complexity index is 597. The van der Waals surface area contributed by atoms with Crippen LogP contribution >= 0.6 is 0 Å². The van der Waals surface area contributed by atoms with Crippen LogP contribution in [0, 0.1) is 17.6 Å². The molecule has 0 aromatic heterocycles. The van der Waals surface area contributed by atoms with Crippen molar-refractivity contribution in [1.82, 2.24) is 10.2 Å². The van der Waals surface area contributed by atoms with E-state index >= 15 is 0 Å². The predicted molar refractivity (Wildman–Crippen MR) is 86.2 cm³/mol. The lowest BCUT2D eigenvalue weighted by molar-refractivity contribution is -0.127. The molecule has 1 unspecified atom stereocenters. The third-order valence-corrected chi connectivity index (χ3v) is 3.89. The molecule has 0 bridgehead atoms. The van der Waals surface area contributed by atoms with Crippen molar-refractivity contribution < 1.29 is 18.4 Å². The Balaban J connectivity index is 1.84. The standard InChI is InChI=1S/C16H22F2N4O2/c17-13-4-3-12(8-14(13)18)21-15(23)10-22-7-1-2-11(9-22)16(24)20-6-5-19/h3-4,8,11H,1-2,5-7,9-10,19H2,(H,20,24)(H,21,23). The number of hydrogen-bond donors (Lipinski definition) is 3. The van der Waals surface area contributed by atoms with E-state index in [1.54, 1.807) is 0 Å². The first-order valence-electron chi connectivity index (χ1n) is 7.94. The van der Waals surface area contributed by atoms with E-state index in [1.165, 1.54) is 6.07 Å². The summed E-state index contributed by atoms with van der Waals surface area (Å²) in [5.74, 6) is -2.52. The van der Waals surface area contributed by atoms with Crippen molar-refractivity contribution in [3.8, 4) is 0 Å². The zero-order chi connectivity index (χ0) is 17.5. The van der Waals surface area contributed by atoms with Crippen LogP contribution in [0.15, 0.2) is 18.2 Å². The van der Waals surface area contributed by atoms with E-state index in [9.17, 15) is 18.4 Å². The van der Waals surface area contributed by atoms with E-state index in [4.69, 9.17) is 5.73 Å². The van der Waals surface area contributed by atoms with Crippen LogP contribution in [0.2, 0.25) is 0 Å². The van der Waals surface area contributed by atoms with Gasteiger partial charge in [0.2, 0.25) is 11.8 Å². The maximum Gasteiger partial charge on any atom is 0.238 e. The molecule has 6 nitrogen and oxygen atoms in total. The van der Waals surface area contributed by atoms with Gasteiger partial charge in [0.25, 0.3) is 0 Å². The molecule has 4 N–H and O–H groups in total. The van der Waals surface area contributed by atoms with Crippen molar-refractivity contribution in [2.45, 2.75) is 12.8 Å². The van der Waals surface area contributed by atoms with Crippen LogP contribution in [-0.2, 0) is 9.59 Å². The summed E-state index contributed by atoms with van der Waals surface area (Å²) < 4.78 is 26.0. The molecule has 1 fully saturated rings. The van der Waals surface area contributed by atoms with Crippen LogP contribution in [0.3, 0.4) is 0 Å². The zero-order valence-corrected chi connectivity index (χ0v) is 13.4. The Hall–Kier alpha value is -2.06. The summed E-state index contributed by atoms with van der Waals surface area (Å²) in [4.78, 5) is 25.9. The van der Waals surface area contributed by atoms with Crippen LogP contribution in [0.5, 0.6) is 0 Å². The van der Waals surface area contributed by atoms with Gasteiger partial charge in [-0.3, -0.25) is 14.5 Å². The number of hydrogen-bond acceptors (Lipinski definition) is 4. The third-order valence-electron chi connectivity index (χ3n) is 3.89. The molecule has 1 atom stereocenters. The van der Waals surface area contributed by atoms with Crippen molar-refractivity contribution in [2.75, 3.05) is 38.0 Å². The molecular formula is C16H22F2N4O2. The number of amides is 2. The van der Waals surface area contributed by atoms with Gasteiger partial charge in [-0.15, -0.1) is 0 Å². The molecule has 8 heteroatoms. The topological polar surface area (TPSA) is 87.5 Å². The summed E-state index contributed by atoms with van der Waals surface area (Å²) in [6, 6.07) is 3.20. The van der Waals surface area contributed by atoms with Crippen molar-refractivity contribution in [3.63, 3.8) is 0 Å². The van der Waals surface area contributed by atoms with Gasteiger partial charge in [-0.1, -0.05) is 0 Å². The Morgan fingerprint density at radius 1 is 1.29 bits per heavy atom. The fourth-order valence-corrected chi connectivity index (χ4v) is 2.73. The lowest BCUT2D eigenvalue weighted by Gasteiger charge is -2.31. The molecule has 1 aromatic rings. The molecule has 0 spiro atoms. The molecule has 132 valence electrons. The lowest BCUT2D eigenvalue weighted by atomic mass is 9.97. The predicted octanol–water partition coefficient (Wildman–Crippen LogP) is 0.690. The number of nitrogens with one attached hydrogen (secondary N) is 2. The molecule has 1 aromatic carbocycles. The molecule has 2 amide bonds. The molecular weight excluding hydrogens is 318 g/mol. The number of benzene rings is 1. The van der Waals surface area contributed by atoms with E-state index in [1.807, 2.05) is 4.90 Å². The molecule has 1 heterocycles. The number of piperidine rings is 1. The Kier molecular flexibility index (Phi) is 6.62. The van der Waals surface area contributed by atoms with Crippen LogP contribution in [0.25, 0.3) is 0 Å². The SMILES string of the molecule is NCCNC(=O)C1CCCN(CC(=O)Nc2ccc(F)c(F)c2)C1. The Labute approximate surface area is 139 Å². The summed E-state index contributed by atoms with van der Waals surface area (Å²) >= 11 is 0. The summed E-state index contributed by atoms with van der Waals surface area (Å²) in [7, 11) is 0. The van der Waals surface area contributed by atoms with E-state index in [0.29, 0.717) is 26.2 Å². The number of rotatable bonds is 6. The number of halogens is 2. The highest BCUT2D eigenvalue weighted by atomic mass is 19.2. The van der Waals surface area contributed by atoms with Crippen LogP contribution in [0.4, 0.5) is 14.5 Å². The van der Waals surface area contributed by atoms with Gasteiger partial charge in [0.05, 0.1) is 12.5 Å². The highest BCUT2D eigenvalue weighted by molar-refractivity contribution is 5.92. The Morgan fingerprint density at radius 3 is 2.79 bits per heavy atom. The average Bonchev–Trinajstić information content (AvgIpc) is 2.56. The second kappa shape index (κ2) is 8.70. The molecule has 24 heavy (non-hydrogen) atoms. The number of likely N-dealkylation sites (tertiary alicyclic amines) is 1. The number of anilines is 1. The van der Waals surface area contributed by atoms with E-state index in [2.05, 4.69) is 10.6 Å². The molecule has 0 radical (unpaired) electrons. The largest absolute Gasteiger partial charge is 0.355 e. The number of carbonyl (C=O) groups excluding carboxylic acids is 2. The van der Waals surface area contributed by atoms with E-state index in [-0.39, 0.29) is 30.0 Å². The summed E-state index contributed by atoms with van der Waals surface area (Å²) in [5.41, 5.74) is 5.57. The van der Waals surface area contributed by atoms with Gasteiger partial charge in [0.1, 0.15) is 0 Å². The minimum atomic E-state index is -1.01. The normalized spacial score (nSPS) is 18.2. The minimum absolute atomic E-state index is 0.0498. The van der Waals surface area contributed by atoms with Crippen LogP contribution in [-0.4, -0.2) is 49.4 Å². The molecule has 0 saturated carbocycles. The van der Waals surface area contributed by atoms with Gasteiger partial charge in [-0.25, -0.2) is 8.78 Å². The first-order chi connectivity index (χ1) is 11.5. The molecule has 1 aliphatic heterocycles. The van der Waals surface area contributed by atoms with E-state index in [0.717, 1.165) is 25.0 Å². The average molecular weight is 340 g/mol. The fourth-order valence-electron chi connectivity index (χ4n) is 2.73. The monoisotopic (exact) mass is 340 g/mol. The van der Waals surface area contributed by atoms with Crippen molar-refractivity contribution in [2.24, 2.45) is 11.7 Å². The summed E-state index contributed by atoms with van der Waals surface area (Å²) in [6.45, 7) is 2.12. The summed E-state index contributed by atoms with van der Waals surface area (Å²) in [6.07, 6.45) is 1.59. The first kappa shape index (κ1) is 18.3. The van der Waals surface area contributed by atoms with Crippen molar-refractivity contribution in [3.05, 3.63) is 29.8 Å². The van der Waals surface area contributed by atoms with Crippen molar-refractivity contribution in [1.29, 1.82) is 0 Å². The zero-order valence-electron chi connectivity index (χ0n) is 13.4. The van der Waals surface area contributed by atoms with Gasteiger partial charge >= 0.3 is 0 Å². The number of nitrogens with zero attached hydrogens (tertiary/aromatic N) is 1. The molecule has 0 aliphatic carbocycles. The molecule has 1 saturated heterocycles. The smallest absolute Gasteiger partial charge is 0.238 e. The fraction of sp³-hybridized carbons (Fsp3) is 0.500. The molecule has 2 rings (SSSR count). The third kappa shape index (κ3) is 5.24. The maximum atomic E-state index is 13.1. The number of carbonyl (C=O) groups is 2. The Morgan fingerprint density at radius 2 is 2.08 bits per heavy atom. The molecule has 1 aliphatic rings. The number of nitrogens with two attached hydrogens (primary N) is 1. The second-order valence-corrected chi connectivity index (χ2v) is 5.83. The van der Waals surface area contributed by atoms with Crippen LogP contribution < -0.4 is 16.4 Å². The quantitative estimate of drug-likeness (QED) is 0.711. The van der Waals surface area contributed by atoms with Gasteiger partial charge in [-0.2, -0.15) is 0 Å². The van der Waals surface area contributed by atoms with Gasteiger partial charge in [-0.05, 0) is 31.5 Å². The van der Waals surface area contributed by atoms with Gasteiger partial charge in [0.15, 0.2) is 11.6 Å². The first-order valence-corrected chi connectivity index (χ1v) is 7.94. The van der Waals surface area contributed by atoms with Crippen LogP contribution in [0.1, 0.15) is 12.8 Å². The summed E-state index contributed by atoms with van der Waals surface area (Å²) in [5, 5.41) is 5.29. The highest BCUT2D eigenvalue weighted by Gasteiger charge is 2.26. The minimum Gasteiger partial charge on any atom is -0.355 e. The van der Waals surface area contributed by atoms with Crippen molar-refractivity contribution >= 4 is 17.5 Å². The maximum absolute atomic E-state index is 13.1. The van der Waals surface area contributed by atoms with Gasteiger partial charge < -0.3 is 16.4 Å². The van der Waals surface area contributed by atoms with Gasteiger partial charge in [0, 0.05) is 31.4 Å². The lowest BCUT2D eigenvalue weighted by Crippen LogP contribution is -2.46. The van der Waals surface area contributed by atoms with E-state index < -0.39 is 11.6 Å². The second-order valence-electron chi connectivity index (χ2n) is 5.83.